The van der Waals surface area contributed by atoms with Gasteiger partial charge in [-0.3, -0.25) is 4.40 Å². The number of hydrogen-bond acceptors (Lipinski definition) is 6. The average Bonchev–Trinajstić information content (AvgIpc) is 3.16. The van der Waals surface area contributed by atoms with Crippen molar-refractivity contribution < 1.29 is 18.6 Å². The Bertz CT molecular complexity index is 1140. The number of nitrogens with one attached hydrogen (secondary N) is 1. The number of para-hydroxylation sites is 1. The maximum atomic E-state index is 14.8. The molecule has 2 aromatic carbocycles. The highest BCUT2D eigenvalue weighted by atomic mass is 19.1. The van der Waals surface area contributed by atoms with Gasteiger partial charge in [0, 0.05) is 17.4 Å². The summed E-state index contributed by atoms with van der Waals surface area (Å²) >= 11 is 0. The fraction of sp³-hybridized carbons (Fsp3) is 0.143. The van der Waals surface area contributed by atoms with Crippen LogP contribution in [-0.4, -0.2) is 35.9 Å². The molecule has 0 fully saturated rings. The van der Waals surface area contributed by atoms with Crippen LogP contribution < -0.4 is 19.5 Å². The van der Waals surface area contributed by atoms with Crippen LogP contribution in [-0.2, 0) is 0 Å². The molecule has 0 saturated heterocycles. The molecular weight excluding hydrogens is 375 g/mol. The Balaban J connectivity index is 1.84. The number of methoxy groups -OCH3 is 3. The van der Waals surface area contributed by atoms with Crippen LogP contribution in [0, 0.1) is 5.82 Å². The number of nitrogens with zero attached hydrogens (tertiary/aromatic N) is 3. The lowest BCUT2D eigenvalue weighted by atomic mass is 10.1. The average molecular weight is 394 g/mol. The quantitative estimate of drug-likeness (QED) is 0.526. The first-order valence-corrected chi connectivity index (χ1v) is 8.81. The van der Waals surface area contributed by atoms with E-state index in [-0.39, 0.29) is 5.65 Å². The van der Waals surface area contributed by atoms with Gasteiger partial charge in [-0.1, -0.05) is 18.2 Å². The van der Waals surface area contributed by atoms with Crippen molar-refractivity contribution in [2.75, 3.05) is 26.6 Å². The highest BCUT2D eigenvalue weighted by Crippen LogP contribution is 2.41. The molecule has 148 valence electrons. The molecule has 1 N–H and O–H groups in total. The maximum Gasteiger partial charge on any atom is 0.233 e. The van der Waals surface area contributed by atoms with E-state index in [1.807, 2.05) is 30.3 Å². The van der Waals surface area contributed by atoms with Crippen LogP contribution in [0.25, 0.3) is 16.8 Å². The van der Waals surface area contributed by atoms with Crippen LogP contribution in [0.1, 0.15) is 0 Å². The summed E-state index contributed by atoms with van der Waals surface area (Å²) in [5.41, 5.74) is 2.24. The van der Waals surface area contributed by atoms with E-state index in [9.17, 15) is 4.39 Å². The van der Waals surface area contributed by atoms with Crippen LogP contribution in [0.2, 0.25) is 0 Å². The predicted molar refractivity (Wildman–Crippen MR) is 108 cm³/mol. The number of halogens is 1. The molecule has 7 nitrogen and oxygen atoms in total. The molecular formula is C21H19FN4O3. The molecule has 0 unspecified atom stereocenters. The first-order valence-electron chi connectivity index (χ1n) is 8.81. The van der Waals surface area contributed by atoms with Gasteiger partial charge >= 0.3 is 0 Å². The number of hydrogen-bond donors (Lipinski definition) is 1. The summed E-state index contributed by atoms with van der Waals surface area (Å²) in [6.07, 6.45) is 1.75. The zero-order valence-corrected chi connectivity index (χ0v) is 16.1. The molecule has 0 saturated carbocycles. The molecule has 29 heavy (non-hydrogen) atoms. The molecule has 0 aliphatic carbocycles. The number of fused-ring (bicyclic) bond motifs is 1. The molecule has 8 heteroatoms. The Morgan fingerprint density at radius 1 is 0.862 bits per heavy atom. The molecule has 0 atom stereocenters. The summed E-state index contributed by atoms with van der Waals surface area (Å²) < 4.78 is 32.5. The summed E-state index contributed by atoms with van der Waals surface area (Å²) in [6.45, 7) is 0. The van der Waals surface area contributed by atoms with Gasteiger partial charge < -0.3 is 19.5 Å². The van der Waals surface area contributed by atoms with Crippen LogP contribution in [0.15, 0.2) is 54.7 Å². The van der Waals surface area contributed by atoms with Gasteiger partial charge in [-0.25, -0.2) is 4.39 Å². The summed E-state index contributed by atoms with van der Waals surface area (Å²) in [5.74, 6) is 1.34. The lowest BCUT2D eigenvalue weighted by Gasteiger charge is -2.14. The van der Waals surface area contributed by atoms with Crippen molar-refractivity contribution in [1.82, 2.24) is 14.6 Å². The van der Waals surface area contributed by atoms with E-state index in [2.05, 4.69) is 15.5 Å². The number of pyridine rings is 1. The van der Waals surface area contributed by atoms with Gasteiger partial charge in [0.2, 0.25) is 11.7 Å². The zero-order valence-electron chi connectivity index (χ0n) is 16.1. The second kappa shape index (κ2) is 7.67. The van der Waals surface area contributed by atoms with Crippen LogP contribution in [0.3, 0.4) is 0 Å². The Hall–Kier alpha value is -3.81. The minimum atomic E-state index is -0.495. The minimum Gasteiger partial charge on any atom is -0.493 e. The van der Waals surface area contributed by atoms with E-state index in [1.54, 1.807) is 22.7 Å². The third kappa shape index (κ3) is 3.40. The van der Waals surface area contributed by atoms with E-state index in [0.29, 0.717) is 34.3 Å². The predicted octanol–water partition coefficient (Wildman–Crippen LogP) is 4.30. The summed E-state index contributed by atoms with van der Waals surface area (Å²) in [7, 11) is 4.60. The zero-order chi connectivity index (χ0) is 20.4. The highest BCUT2D eigenvalue weighted by Gasteiger charge is 2.17. The monoisotopic (exact) mass is 394 g/mol. The van der Waals surface area contributed by atoms with Crippen LogP contribution >= 0.6 is 0 Å². The van der Waals surface area contributed by atoms with Crippen molar-refractivity contribution in [1.29, 1.82) is 0 Å². The van der Waals surface area contributed by atoms with Gasteiger partial charge in [0.05, 0.1) is 21.3 Å². The molecule has 0 spiro atoms. The highest BCUT2D eigenvalue weighted by molar-refractivity contribution is 5.72. The third-order valence-corrected chi connectivity index (χ3v) is 4.49. The van der Waals surface area contributed by atoms with Crippen molar-refractivity contribution in [3.8, 4) is 28.4 Å². The number of anilines is 2. The lowest BCUT2D eigenvalue weighted by molar-refractivity contribution is 0.324. The van der Waals surface area contributed by atoms with Gasteiger partial charge in [-0.15, -0.1) is 10.2 Å². The van der Waals surface area contributed by atoms with E-state index in [1.165, 1.54) is 27.4 Å². The van der Waals surface area contributed by atoms with Gasteiger partial charge in [0.1, 0.15) is 0 Å². The standard InChI is InChI=1S/C21H19FN4O3/c1-27-17-10-13(11-18(28-2)19(17)29-3)14-9-16(22)20-24-25-21(26(20)12-14)23-15-7-5-4-6-8-15/h4-12H,1-3H3,(H,23,25). The minimum absolute atomic E-state index is 0.125. The second-order valence-electron chi connectivity index (χ2n) is 6.20. The lowest BCUT2D eigenvalue weighted by Crippen LogP contribution is -1.99. The van der Waals surface area contributed by atoms with Gasteiger partial charge in [0.15, 0.2) is 23.0 Å². The number of ether oxygens (including phenoxy) is 3. The van der Waals surface area contributed by atoms with E-state index in [0.717, 1.165) is 5.69 Å². The first-order chi connectivity index (χ1) is 14.1. The summed E-state index contributed by atoms with van der Waals surface area (Å²) in [5, 5.41) is 11.2. The fourth-order valence-electron chi connectivity index (χ4n) is 3.10. The van der Waals surface area contributed by atoms with Gasteiger partial charge in [-0.05, 0) is 35.9 Å². The molecule has 2 heterocycles. The molecule has 0 aliphatic heterocycles. The summed E-state index contributed by atoms with van der Waals surface area (Å²) in [6, 6.07) is 14.4. The Morgan fingerprint density at radius 2 is 1.55 bits per heavy atom. The van der Waals surface area contributed by atoms with Crippen molar-refractivity contribution in [3.05, 3.63) is 60.5 Å². The molecule has 0 radical (unpaired) electrons. The van der Waals surface area contributed by atoms with Crippen LogP contribution in [0.5, 0.6) is 17.2 Å². The molecule has 0 bridgehead atoms. The Kier molecular flexibility index (Phi) is 4.90. The first kappa shape index (κ1) is 18.5. The van der Waals surface area contributed by atoms with E-state index in [4.69, 9.17) is 14.2 Å². The second-order valence-corrected chi connectivity index (χ2v) is 6.20. The Labute approximate surface area is 166 Å². The number of rotatable bonds is 6. The number of aromatic nitrogens is 3. The van der Waals surface area contributed by atoms with Crippen molar-refractivity contribution >= 4 is 17.3 Å². The fourth-order valence-corrected chi connectivity index (χ4v) is 3.10. The van der Waals surface area contributed by atoms with Gasteiger partial charge in [-0.2, -0.15) is 0 Å². The normalized spacial score (nSPS) is 10.8. The molecule has 4 aromatic rings. The van der Waals surface area contributed by atoms with Crippen molar-refractivity contribution in [2.24, 2.45) is 0 Å². The van der Waals surface area contributed by atoms with E-state index >= 15 is 0 Å². The van der Waals surface area contributed by atoms with Crippen molar-refractivity contribution in [3.63, 3.8) is 0 Å². The van der Waals surface area contributed by atoms with E-state index < -0.39 is 5.82 Å². The molecule has 2 aromatic heterocycles. The smallest absolute Gasteiger partial charge is 0.233 e. The largest absolute Gasteiger partial charge is 0.493 e. The summed E-state index contributed by atoms with van der Waals surface area (Å²) in [4.78, 5) is 0. The maximum absolute atomic E-state index is 14.8. The van der Waals surface area contributed by atoms with Gasteiger partial charge in [0.25, 0.3) is 0 Å². The topological polar surface area (TPSA) is 69.9 Å². The molecule has 0 amide bonds. The molecule has 4 rings (SSSR count). The number of benzene rings is 2. The van der Waals surface area contributed by atoms with Crippen molar-refractivity contribution in [2.45, 2.75) is 0 Å². The molecule has 0 aliphatic rings. The SMILES string of the molecule is COc1cc(-c2cc(F)c3nnc(Nc4ccccc4)n3c2)cc(OC)c1OC. The Morgan fingerprint density at radius 3 is 2.17 bits per heavy atom. The third-order valence-electron chi connectivity index (χ3n) is 4.49. The van der Waals surface area contributed by atoms with Crippen LogP contribution in [0.4, 0.5) is 16.0 Å².